The van der Waals surface area contributed by atoms with Gasteiger partial charge >= 0.3 is 5.69 Å². The number of piperidine rings is 1. The van der Waals surface area contributed by atoms with Crippen molar-refractivity contribution in [2.24, 2.45) is 5.92 Å². The molecule has 0 aliphatic carbocycles. The molecule has 1 saturated heterocycles. The summed E-state index contributed by atoms with van der Waals surface area (Å²) in [4.78, 5) is 30.4. The minimum absolute atomic E-state index is 0.00454. The van der Waals surface area contributed by atoms with Gasteiger partial charge in [-0.2, -0.15) is 4.98 Å². The summed E-state index contributed by atoms with van der Waals surface area (Å²) in [6.07, 6.45) is 1.83. The zero-order valence-electron chi connectivity index (χ0n) is 15.7. The van der Waals surface area contributed by atoms with E-state index in [0.29, 0.717) is 31.1 Å². The largest absolute Gasteiger partial charge is 0.493 e. The number of hydrogen-bond donors (Lipinski definition) is 0. The number of rotatable bonds is 5. The maximum absolute atomic E-state index is 13.2. The second-order valence-corrected chi connectivity index (χ2v) is 7.02. The Morgan fingerprint density at radius 3 is 2.89 bits per heavy atom. The highest BCUT2D eigenvalue weighted by atomic mass is 19.1. The van der Waals surface area contributed by atoms with Crippen molar-refractivity contribution in [2.45, 2.75) is 33.2 Å². The molecule has 1 aliphatic rings. The van der Waals surface area contributed by atoms with E-state index < -0.39 is 5.69 Å². The van der Waals surface area contributed by atoms with Crippen molar-refractivity contribution < 1.29 is 13.9 Å². The number of hydrogen-bond acceptors (Lipinski definition) is 4. The molecule has 0 bridgehead atoms. The van der Waals surface area contributed by atoms with Crippen LogP contribution in [0.1, 0.15) is 24.2 Å². The number of carbonyl (C=O) groups is 1. The van der Waals surface area contributed by atoms with E-state index in [1.165, 1.54) is 16.7 Å². The number of ether oxygens (including phenoxy) is 1. The zero-order valence-corrected chi connectivity index (χ0v) is 15.7. The summed E-state index contributed by atoms with van der Waals surface area (Å²) in [6, 6.07) is 7.84. The molecule has 1 atom stereocenters. The standard InChI is InChI=1S/C20H24FN3O3/c1-14-9-15(2)24(20(26)22-14)12-19(25)23-8-4-5-16(11-23)13-27-18-7-3-6-17(21)10-18/h3,6-7,9-10,16H,4-5,8,11-13H2,1-2H3/t16-/m1/s1. The van der Waals surface area contributed by atoms with Gasteiger partial charge in [0.15, 0.2) is 0 Å². The Labute approximate surface area is 157 Å². The Balaban J connectivity index is 1.59. The van der Waals surface area contributed by atoms with Crippen LogP contribution in [0.4, 0.5) is 4.39 Å². The van der Waals surface area contributed by atoms with Crippen LogP contribution in [0, 0.1) is 25.6 Å². The number of amides is 1. The van der Waals surface area contributed by atoms with Gasteiger partial charge in [-0.25, -0.2) is 9.18 Å². The number of nitrogens with zero attached hydrogens (tertiary/aromatic N) is 3. The minimum Gasteiger partial charge on any atom is -0.493 e. The first-order valence-electron chi connectivity index (χ1n) is 9.13. The minimum atomic E-state index is -0.399. The van der Waals surface area contributed by atoms with Crippen LogP contribution in [0.3, 0.4) is 0 Å². The molecular formula is C20H24FN3O3. The number of aryl methyl sites for hydroxylation is 2. The molecular weight excluding hydrogens is 349 g/mol. The molecule has 1 aromatic heterocycles. The molecule has 0 saturated carbocycles. The Morgan fingerprint density at radius 1 is 1.33 bits per heavy atom. The monoisotopic (exact) mass is 373 g/mol. The van der Waals surface area contributed by atoms with Crippen LogP contribution in [-0.4, -0.2) is 40.1 Å². The Morgan fingerprint density at radius 2 is 2.15 bits per heavy atom. The number of benzene rings is 1. The van der Waals surface area contributed by atoms with Crippen molar-refractivity contribution in [3.63, 3.8) is 0 Å². The number of likely N-dealkylation sites (tertiary alicyclic amines) is 1. The van der Waals surface area contributed by atoms with E-state index >= 15 is 0 Å². The van der Waals surface area contributed by atoms with E-state index in [-0.39, 0.29) is 24.2 Å². The van der Waals surface area contributed by atoms with Crippen molar-refractivity contribution in [1.82, 2.24) is 14.5 Å². The summed E-state index contributed by atoms with van der Waals surface area (Å²) in [5, 5.41) is 0. The van der Waals surface area contributed by atoms with Crippen LogP contribution in [0.15, 0.2) is 35.1 Å². The van der Waals surface area contributed by atoms with Gasteiger partial charge in [-0.1, -0.05) is 6.07 Å². The first-order chi connectivity index (χ1) is 12.9. The van der Waals surface area contributed by atoms with Gasteiger partial charge in [-0.15, -0.1) is 0 Å². The molecule has 1 aromatic carbocycles. The van der Waals surface area contributed by atoms with Gasteiger partial charge in [0.05, 0.1) is 6.61 Å². The SMILES string of the molecule is Cc1cc(C)n(CC(=O)N2CCC[C@@H](COc3cccc(F)c3)C2)c(=O)n1. The Bertz CT molecular complexity index is 881. The summed E-state index contributed by atoms with van der Waals surface area (Å²) in [7, 11) is 0. The molecule has 1 aliphatic heterocycles. The van der Waals surface area contributed by atoms with Crippen LogP contribution >= 0.6 is 0 Å². The molecule has 0 N–H and O–H groups in total. The van der Waals surface area contributed by atoms with Gasteiger partial charge in [-0.3, -0.25) is 9.36 Å². The molecule has 2 heterocycles. The van der Waals surface area contributed by atoms with Crippen LogP contribution in [0.2, 0.25) is 0 Å². The lowest BCUT2D eigenvalue weighted by Gasteiger charge is -2.33. The molecule has 1 fully saturated rings. The maximum Gasteiger partial charge on any atom is 0.348 e. The van der Waals surface area contributed by atoms with Crippen LogP contribution in [0.25, 0.3) is 0 Å². The van der Waals surface area contributed by atoms with Crippen molar-refractivity contribution >= 4 is 5.91 Å². The molecule has 1 amide bonds. The maximum atomic E-state index is 13.2. The smallest absolute Gasteiger partial charge is 0.348 e. The molecule has 6 nitrogen and oxygen atoms in total. The fourth-order valence-electron chi connectivity index (χ4n) is 3.40. The highest BCUT2D eigenvalue weighted by Crippen LogP contribution is 2.20. The summed E-state index contributed by atoms with van der Waals surface area (Å²) in [5.74, 6) is 0.244. The van der Waals surface area contributed by atoms with E-state index in [2.05, 4.69) is 4.98 Å². The highest BCUT2D eigenvalue weighted by Gasteiger charge is 2.25. The summed E-state index contributed by atoms with van der Waals surface area (Å²) >= 11 is 0. The lowest BCUT2D eigenvalue weighted by atomic mass is 9.99. The third kappa shape index (κ3) is 4.93. The third-order valence-electron chi connectivity index (χ3n) is 4.79. The summed E-state index contributed by atoms with van der Waals surface area (Å²) in [5.41, 5.74) is 0.974. The summed E-state index contributed by atoms with van der Waals surface area (Å²) in [6.45, 7) is 5.22. The number of aromatic nitrogens is 2. The molecule has 144 valence electrons. The number of halogens is 1. The van der Waals surface area contributed by atoms with Gasteiger partial charge in [0.2, 0.25) is 5.91 Å². The normalized spacial score (nSPS) is 17.0. The average Bonchev–Trinajstić information content (AvgIpc) is 2.63. The van der Waals surface area contributed by atoms with Gasteiger partial charge in [-0.05, 0) is 44.9 Å². The topological polar surface area (TPSA) is 64.4 Å². The fraction of sp³-hybridized carbons (Fsp3) is 0.450. The van der Waals surface area contributed by atoms with Crippen LogP contribution in [-0.2, 0) is 11.3 Å². The number of carbonyl (C=O) groups excluding carboxylic acids is 1. The zero-order chi connectivity index (χ0) is 19.4. The molecule has 7 heteroatoms. The molecule has 0 radical (unpaired) electrons. The second kappa shape index (κ2) is 8.33. The Hall–Kier alpha value is -2.70. The van der Waals surface area contributed by atoms with Crippen molar-refractivity contribution in [3.05, 3.63) is 58.0 Å². The van der Waals surface area contributed by atoms with Crippen molar-refractivity contribution in [1.29, 1.82) is 0 Å². The Kier molecular flexibility index (Phi) is 5.88. The van der Waals surface area contributed by atoms with E-state index in [9.17, 15) is 14.0 Å². The van der Waals surface area contributed by atoms with Crippen LogP contribution < -0.4 is 10.4 Å². The molecule has 0 spiro atoms. The second-order valence-electron chi connectivity index (χ2n) is 7.02. The average molecular weight is 373 g/mol. The quantitative estimate of drug-likeness (QED) is 0.807. The predicted octanol–water partition coefficient (Wildman–Crippen LogP) is 2.32. The molecule has 2 aromatic rings. The molecule has 0 unspecified atom stereocenters. The lowest BCUT2D eigenvalue weighted by molar-refractivity contribution is -0.134. The molecule has 3 rings (SSSR count). The first-order valence-corrected chi connectivity index (χ1v) is 9.13. The first kappa shape index (κ1) is 19.1. The molecule has 27 heavy (non-hydrogen) atoms. The van der Waals surface area contributed by atoms with Crippen molar-refractivity contribution in [2.75, 3.05) is 19.7 Å². The van der Waals surface area contributed by atoms with E-state index in [0.717, 1.165) is 18.5 Å². The summed E-state index contributed by atoms with van der Waals surface area (Å²) < 4.78 is 20.3. The van der Waals surface area contributed by atoms with Gasteiger partial charge in [0, 0.05) is 36.5 Å². The van der Waals surface area contributed by atoms with Crippen molar-refractivity contribution in [3.8, 4) is 5.75 Å². The third-order valence-corrected chi connectivity index (χ3v) is 4.79. The highest BCUT2D eigenvalue weighted by molar-refractivity contribution is 5.76. The fourth-order valence-corrected chi connectivity index (χ4v) is 3.40. The predicted molar refractivity (Wildman–Crippen MR) is 99.2 cm³/mol. The van der Waals surface area contributed by atoms with E-state index in [4.69, 9.17) is 4.74 Å². The van der Waals surface area contributed by atoms with E-state index in [1.807, 2.05) is 0 Å². The van der Waals surface area contributed by atoms with E-state index in [1.54, 1.807) is 36.9 Å². The van der Waals surface area contributed by atoms with Crippen LogP contribution in [0.5, 0.6) is 5.75 Å². The lowest BCUT2D eigenvalue weighted by Crippen LogP contribution is -2.44. The van der Waals surface area contributed by atoms with Gasteiger partial charge in [0.1, 0.15) is 18.1 Å². The van der Waals surface area contributed by atoms with Gasteiger partial charge < -0.3 is 9.64 Å². The van der Waals surface area contributed by atoms with Gasteiger partial charge in [0.25, 0.3) is 0 Å².